The summed E-state index contributed by atoms with van der Waals surface area (Å²) < 4.78 is 0. The Bertz CT molecular complexity index is 175. The maximum Gasteiger partial charge on any atom is 0.0431 e. The average molecular weight is 268 g/mol. The summed E-state index contributed by atoms with van der Waals surface area (Å²) in [6, 6.07) is 0. The molecule has 1 heteroatoms. The summed E-state index contributed by atoms with van der Waals surface area (Å²) in [5.41, 5.74) is 0. The van der Waals surface area contributed by atoms with E-state index in [1.807, 2.05) is 0 Å². The lowest BCUT2D eigenvalue weighted by Gasteiger charge is -2.00. The molecule has 1 nitrogen and oxygen atoms in total. The van der Waals surface area contributed by atoms with Crippen molar-refractivity contribution in [1.29, 1.82) is 0 Å². The minimum Gasteiger partial charge on any atom is -0.396 e. The van der Waals surface area contributed by atoms with E-state index in [2.05, 4.69) is 19.1 Å². The topological polar surface area (TPSA) is 20.2 Å². The fraction of sp³-hybridized carbons (Fsp3) is 0.889. The van der Waals surface area contributed by atoms with Gasteiger partial charge in [0.05, 0.1) is 0 Å². The molecule has 0 saturated carbocycles. The first kappa shape index (κ1) is 18.7. The van der Waals surface area contributed by atoms with E-state index in [1.54, 1.807) is 0 Å². The van der Waals surface area contributed by atoms with E-state index in [0.29, 0.717) is 6.61 Å². The molecule has 0 bridgehead atoms. The van der Waals surface area contributed by atoms with Gasteiger partial charge < -0.3 is 5.11 Å². The van der Waals surface area contributed by atoms with E-state index in [4.69, 9.17) is 5.11 Å². The number of unbranched alkanes of at least 4 members (excludes halogenated alkanes) is 12. The van der Waals surface area contributed by atoms with Crippen molar-refractivity contribution in [2.45, 2.75) is 96.8 Å². The van der Waals surface area contributed by atoms with E-state index in [9.17, 15) is 0 Å². The Labute approximate surface area is 121 Å². The van der Waals surface area contributed by atoms with Gasteiger partial charge in [-0.25, -0.2) is 0 Å². The highest BCUT2D eigenvalue weighted by atomic mass is 16.2. The van der Waals surface area contributed by atoms with Gasteiger partial charge in [0.1, 0.15) is 0 Å². The first-order valence-electron chi connectivity index (χ1n) is 8.67. The van der Waals surface area contributed by atoms with E-state index in [1.165, 1.54) is 83.5 Å². The van der Waals surface area contributed by atoms with E-state index in [0.717, 1.165) is 6.42 Å². The Kier molecular flexibility index (Phi) is 17.4. The molecule has 19 heavy (non-hydrogen) atoms. The summed E-state index contributed by atoms with van der Waals surface area (Å²) in [4.78, 5) is 0. The van der Waals surface area contributed by atoms with Crippen LogP contribution in [0.1, 0.15) is 96.8 Å². The molecule has 0 aliphatic carbocycles. The summed E-state index contributed by atoms with van der Waals surface area (Å²) in [5.74, 6) is 0. The summed E-state index contributed by atoms with van der Waals surface area (Å²) in [7, 11) is 0. The number of rotatable bonds is 15. The van der Waals surface area contributed by atoms with E-state index < -0.39 is 0 Å². The van der Waals surface area contributed by atoms with Crippen LogP contribution in [0.15, 0.2) is 12.2 Å². The number of aliphatic hydroxyl groups excluding tert-OH is 1. The fourth-order valence-electron chi connectivity index (χ4n) is 2.36. The van der Waals surface area contributed by atoms with Gasteiger partial charge >= 0.3 is 0 Å². The standard InChI is InChI=1S/C18H36O/c1-2-3-4-5-6-7-8-9-10-11-12-13-14-15-16-17-18-19/h12-13,19H,2-11,14-18H2,1H3/b13-12+. The molecule has 0 rings (SSSR count). The smallest absolute Gasteiger partial charge is 0.0431 e. The zero-order chi connectivity index (χ0) is 14.0. The van der Waals surface area contributed by atoms with E-state index in [-0.39, 0.29) is 0 Å². The van der Waals surface area contributed by atoms with Crippen molar-refractivity contribution in [2.75, 3.05) is 6.61 Å². The number of aliphatic hydroxyl groups is 1. The molecular weight excluding hydrogens is 232 g/mol. The highest BCUT2D eigenvalue weighted by Crippen LogP contribution is 2.10. The third-order valence-corrected chi connectivity index (χ3v) is 3.67. The van der Waals surface area contributed by atoms with Gasteiger partial charge in [-0.15, -0.1) is 0 Å². The lowest BCUT2D eigenvalue weighted by molar-refractivity contribution is 0.283. The monoisotopic (exact) mass is 268 g/mol. The van der Waals surface area contributed by atoms with Crippen molar-refractivity contribution < 1.29 is 5.11 Å². The quantitative estimate of drug-likeness (QED) is 0.284. The molecular formula is C18H36O. The van der Waals surface area contributed by atoms with Gasteiger partial charge in [0, 0.05) is 6.61 Å². The molecule has 114 valence electrons. The molecule has 0 radical (unpaired) electrons. The maximum absolute atomic E-state index is 8.65. The zero-order valence-corrected chi connectivity index (χ0v) is 13.2. The van der Waals surface area contributed by atoms with Gasteiger partial charge in [-0.1, -0.05) is 76.9 Å². The van der Waals surface area contributed by atoms with Crippen molar-refractivity contribution in [2.24, 2.45) is 0 Å². The second-order valence-electron chi connectivity index (χ2n) is 5.66. The first-order chi connectivity index (χ1) is 9.41. The molecule has 0 aromatic carbocycles. The van der Waals surface area contributed by atoms with Crippen LogP contribution in [0.3, 0.4) is 0 Å². The summed E-state index contributed by atoms with van der Waals surface area (Å²) in [5, 5.41) is 8.65. The Balaban J connectivity index is 2.99. The molecule has 0 aromatic rings. The molecule has 0 saturated heterocycles. The SMILES string of the molecule is CCCCCCCCCCC/C=C/CCCCCO. The predicted octanol–water partition coefficient (Wildman–Crippen LogP) is 6.02. The van der Waals surface area contributed by atoms with Crippen LogP contribution in [0.4, 0.5) is 0 Å². The third-order valence-electron chi connectivity index (χ3n) is 3.67. The Morgan fingerprint density at radius 3 is 1.47 bits per heavy atom. The van der Waals surface area contributed by atoms with Gasteiger partial charge in [-0.2, -0.15) is 0 Å². The van der Waals surface area contributed by atoms with Crippen LogP contribution in [0.2, 0.25) is 0 Å². The summed E-state index contributed by atoms with van der Waals surface area (Å²) in [6.07, 6.45) is 23.2. The largest absolute Gasteiger partial charge is 0.396 e. The highest BCUT2D eigenvalue weighted by molar-refractivity contribution is 4.81. The van der Waals surface area contributed by atoms with Crippen molar-refractivity contribution >= 4 is 0 Å². The molecule has 0 unspecified atom stereocenters. The Morgan fingerprint density at radius 1 is 0.579 bits per heavy atom. The first-order valence-corrected chi connectivity index (χ1v) is 8.67. The van der Waals surface area contributed by atoms with Crippen molar-refractivity contribution in [3.8, 4) is 0 Å². The molecule has 0 aliphatic heterocycles. The minimum absolute atomic E-state index is 0.349. The lowest BCUT2D eigenvalue weighted by Crippen LogP contribution is -1.82. The van der Waals surface area contributed by atoms with Crippen LogP contribution < -0.4 is 0 Å². The van der Waals surface area contributed by atoms with Crippen LogP contribution in [-0.2, 0) is 0 Å². The van der Waals surface area contributed by atoms with Crippen LogP contribution in [0, 0.1) is 0 Å². The maximum atomic E-state index is 8.65. The van der Waals surface area contributed by atoms with Crippen LogP contribution in [-0.4, -0.2) is 11.7 Å². The lowest BCUT2D eigenvalue weighted by atomic mass is 10.1. The minimum atomic E-state index is 0.349. The molecule has 0 aromatic heterocycles. The molecule has 0 aliphatic rings. The van der Waals surface area contributed by atoms with Crippen molar-refractivity contribution in [3.05, 3.63) is 12.2 Å². The summed E-state index contributed by atoms with van der Waals surface area (Å²) in [6.45, 7) is 2.63. The van der Waals surface area contributed by atoms with Crippen LogP contribution >= 0.6 is 0 Å². The second kappa shape index (κ2) is 17.7. The molecule has 1 N–H and O–H groups in total. The van der Waals surface area contributed by atoms with Gasteiger partial charge in [-0.05, 0) is 32.1 Å². The molecule has 0 atom stereocenters. The molecule has 0 heterocycles. The molecule has 0 fully saturated rings. The Hall–Kier alpha value is -0.300. The van der Waals surface area contributed by atoms with Crippen molar-refractivity contribution in [3.63, 3.8) is 0 Å². The average Bonchev–Trinajstić information content (AvgIpc) is 2.43. The van der Waals surface area contributed by atoms with Gasteiger partial charge in [0.15, 0.2) is 0 Å². The van der Waals surface area contributed by atoms with Gasteiger partial charge in [0.25, 0.3) is 0 Å². The fourth-order valence-corrected chi connectivity index (χ4v) is 2.36. The highest BCUT2D eigenvalue weighted by Gasteiger charge is 1.91. The number of allylic oxidation sites excluding steroid dienone is 2. The van der Waals surface area contributed by atoms with E-state index >= 15 is 0 Å². The number of hydrogen-bond donors (Lipinski definition) is 1. The van der Waals surface area contributed by atoms with Gasteiger partial charge in [-0.3, -0.25) is 0 Å². The predicted molar refractivity (Wildman–Crippen MR) is 86.5 cm³/mol. The third kappa shape index (κ3) is 17.7. The second-order valence-corrected chi connectivity index (χ2v) is 5.66. The van der Waals surface area contributed by atoms with Crippen LogP contribution in [0.5, 0.6) is 0 Å². The Morgan fingerprint density at radius 2 is 1.00 bits per heavy atom. The number of hydrogen-bond acceptors (Lipinski definition) is 1. The normalized spacial score (nSPS) is 11.5. The molecule has 0 amide bonds. The van der Waals surface area contributed by atoms with Gasteiger partial charge in [0.2, 0.25) is 0 Å². The van der Waals surface area contributed by atoms with Crippen molar-refractivity contribution in [1.82, 2.24) is 0 Å². The van der Waals surface area contributed by atoms with Crippen LogP contribution in [0.25, 0.3) is 0 Å². The molecule has 0 spiro atoms. The zero-order valence-electron chi connectivity index (χ0n) is 13.2. The summed E-state index contributed by atoms with van der Waals surface area (Å²) >= 11 is 0.